The van der Waals surface area contributed by atoms with Gasteiger partial charge in [0.05, 0.1) is 5.69 Å². The van der Waals surface area contributed by atoms with Gasteiger partial charge in [-0.15, -0.1) is 0 Å². The molecular formula is C7H5BrF3NO. The monoisotopic (exact) mass is 255 g/mol. The molecule has 0 spiro atoms. The van der Waals surface area contributed by atoms with Gasteiger partial charge in [0.2, 0.25) is 0 Å². The van der Waals surface area contributed by atoms with Gasteiger partial charge in [0.25, 0.3) is 0 Å². The minimum Gasteiger partial charge on any atom is -0.505 e. The molecule has 1 N–H and O–H groups in total. The topological polar surface area (TPSA) is 33.1 Å². The first kappa shape index (κ1) is 10.3. The normalized spacial score (nSPS) is 11.7. The van der Waals surface area contributed by atoms with Crippen LogP contribution < -0.4 is 0 Å². The average molecular weight is 256 g/mol. The summed E-state index contributed by atoms with van der Waals surface area (Å²) in [6, 6.07) is 0.738. The van der Waals surface area contributed by atoms with Crippen LogP contribution in [-0.2, 0) is 11.5 Å². The van der Waals surface area contributed by atoms with Gasteiger partial charge in [-0.1, -0.05) is 15.9 Å². The van der Waals surface area contributed by atoms with Crippen LogP contribution in [0.2, 0.25) is 0 Å². The summed E-state index contributed by atoms with van der Waals surface area (Å²) in [7, 11) is 0. The van der Waals surface area contributed by atoms with Gasteiger partial charge in [0, 0.05) is 11.5 Å². The molecule has 1 aromatic rings. The maximum absolute atomic E-state index is 12.2. The zero-order valence-corrected chi connectivity index (χ0v) is 7.85. The van der Waals surface area contributed by atoms with Gasteiger partial charge in [-0.3, -0.25) is 4.98 Å². The van der Waals surface area contributed by atoms with E-state index in [0.29, 0.717) is 0 Å². The molecule has 0 saturated carbocycles. The van der Waals surface area contributed by atoms with Gasteiger partial charge in [-0.2, -0.15) is 13.2 Å². The van der Waals surface area contributed by atoms with Crippen molar-refractivity contribution < 1.29 is 18.3 Å². The first-order valence-electron chi connectivity index (χ1n) is 3.27. The summed E-state index contributed by atoms with van der Waals surface area (Å²) in [5, 5.41) is 9.20. The first-order chi connectivity index (χ1) is 5.96. The molecule has 0 aliphatic carbocycles. The highest BCUT2D eigenvalue weighted by molar-refractivity contribution is 9.08. The average Bonchev–Trinajstić information content (AvgIpc) is 2.02. The lowest BCUT2D eigenvalue weighted by Crippen LogP contribution is -2.06. The highest BCUT2D eigenvalue weighted by atomic mass is 79.9. The highest BCUT2D eigenvalue weighted by Gasteiger charge is 2.34. The third-order valence-electron chi connectivity index (χ3n) is 1.43. The van der Waals surface area contributed by atoms with Gasteiger partial charge in [-0.25, -0.2) is 0 Å². The molecule has 1 heterocycles. The zero-order chi connectivity index (χ0) is 10.1. The van der Waals surface area contributed by atoms with E-state index >= 15 is 0 Å². The predicted molar refractivity (Wildman–Crippen MR) is 43.5 cm³/mol. The fraction of sp³-hybridized carbons (Fsp3) is 0.286. The Labute approximate surface area is 80.5 Å². The number of pyridine rings is 1. The van der Waals surface area contributed by atoms with E-state index in [1.165, 1.54) is 0 Å². The molecule has 2 nitrogen and oxygen atoms in total. The van der Waals surface area contributed by atoms with Crippen LogP contribution in [0.3, 0.4) is 0 Å². The van der Waals surface area contributed by atoms with Crippen molar-refractivity contribution in [1.82, 2.24) is 4.98 Å². The second-order valence-corrected chi connectivity index (χ2v) is 2.85. The summed E-state index contributed by atoms with van der Waals surface area (Å²) in [6.07, 6.45) is -3.52. The molecule has 0 bridgehead atoms. The summed E-state index contributed by atoms with van der Waals surface area (Å²) in [5.74, 6) is -0.813. The lowest BCUT2D eigenvalue weighted by molar-refractivity contribution is -0.138. The standard InChI is InChI=1S/C7H5BrF3NO/c8-3-5-6(13)4(1-2-12-5)7(9,10)11/h1-2,13H,3H2. The summed E-state index contributed by atoms with van der Waals surface area (Å²) in [6.45, 7) is 0. The molecule has 0 aromatic carbocycles. The molecule has 1 rings (SSSR count). The van der Waals surface area contributed by atoms with E-state index in [4.69, 9.17) is 5.11 Å². The van der Waals surface area contributed by atoms with E-state index in [-0.39, 0.29) is 11.0 Å². The van der Waals surface area contributed by atoms with Crippen molar-refractivity contribution in [3.8, 4) is 5.75 Å². The molecule has 0 atom stereocenters. The maximum Gasteiger partial charge on any atom is 0.420 e. The molecule has 0 saturated heterocycles. The lowest BCUT2D eigenvalue weighted by Gasteiger charge is -2.09. The van der Waals surface area contributed by atoms with Gasteiger partial charge >= 0.3 is 6.18 Å². The fourth-order valence-corrected chi connectivity index (χ4v) is 1.23. The van der Waals surface area contributed by atoms with Crippen LogP contribution in [0, 0.1) is 0 Å². The number of hydrogen-bond donors (Lipinski definition) is 1. The van der Waals surface area contributed by atoms with Gasteiger partial charge in [0.1, 0.15) is 11.3 Å². The molecule has 0 aliphatic heterocycles. The Kier molecular flexibility index (Phi) is 2.80. The second-order valence-electron chi connectivity index (χ2n) is 2.29. The smallest absolute Gasteiger partial charge is 0.420 e. The number of aromatic hydroxyl groups is 1. The molecule has 1 aromatic heterocycles. The van der Waals surface area contributed by atoms with Crippen LogP contribution in [0.15, 0.2) is 12.3 Å². The van der Waals surface area contributed by atoms with E-state index in [1.54, 1.807) is 0 Å². The first-order valence-corrected chi connectivity index (χ1v) is 4.39. The minimum absolute atomic E-state index is 0.0187. The highest BCUT2D eigenvalue weighted by Crippen LogP contribution is 2.36. The number of halogens is 4. The zero-order valence-electron chi connectivity index (χ0n) is 6.27. The third kappa shape index (κ3) is 2.12. The van der Waals surface area contributed by atoms with E-state index in [0.717, 1.165) is 12.3 Å². The van der Waals surface area contributed by atoms with Gasteiger partial charge in [0.15, 0.2) is 0 Å². The summed E-state index contributed by atoms with van der Waals surface area (Å²) in [4.78, 5) is 3.57. The molecule has 13 heavy (non-hydrogen) atoms. The Bertz CT molecular complexity index is 313. The van der Waals surface area contributed by atoms with Crippen LogP contribution in [0.5, 0.6) is 5.75 Å². The molecule has 0 aliphatic rings. The van der Waals surface area contributed by atoms with Crippen molar-refractivity contribution >= 4 is 15.9 Å². The SMILES string of the molecule is Oc1c(C(F)(F)F)ccnc1CBr. The third-order valence-corrected chi connectivity index (χ3v) is 1.96. The van der Waals surface area contributed by atoms with Crippen LogP contribution in [0.4, 0.5) is 13.2 Å². The predicted octanol–water partition coefficient (Wildman–Crippen LogP) is 2.70. The van der Waals surface area contributed by atoms with Crippen molar-refractivity contribution in [2.75, 3.05) is 0 Å². The Morgan fingerprint density at radius 2 is 2.08 bits per heavy atom. The van der Waals surface area contributed by atoms with E-state index < -0.39 is 17.5 Å². The largest absolute Gasteiger partial charge is 0.505 e. The molecule has 0 amide bonds. The van der Waals surface area contributed by atoms with Crippen molar-refractivity contribution in [3.63, 3.8) is 0 Å². The number of hydrogen-bond acceptors (Lipinski definition) is 2. The Balaban J connectivity index is 3.24. The van der Waals surface area contributed by atoms with Crippen LogP contribution in [0.1, 0.15) is 11.3 Å². The van der Waals surface area contributed by atoms with Crippen LogP contribution >= 0.6 is 15.9 Å². The second kappa shape index (κ2) is 3.53. The number of rotatable bonds is 1. The van der Waals surface area contributed by atoms with Crippen molar-refractivity contribution in [2.45, 2.75) is 11.5 Å². The lowest BCUT2D eigenvalue weighted by atomic mass is 10.2. The minimum atomic E-state index is -4.54. The summed E-state index contributed by atoms with van der Waals surface area (Å²) in [5.41, 5.74) is -1.08. The van der Waals surface area contributed by atoms with Crippen molar-refractivity contribution in [3.05, 3.63) is 23.5 Å². The van der Waals surface area contributed by atoms with E-state index in [1.807, 2.05) is 0 Å². The summed E-state index contributed by atoms with van der Waals surface area (Å²) < 4.78 is 36.5. The molecular weight excluding hydrogens is 251 g/mol. The van der Waals surface area contributed by atoms with E-state index in [2.05, 4.69) is 20.9 Å². The van der Waals surface area contributed by atoms with E-state index in [9.17, 15) is 13.2 Å². The number of aromatic nitrogens is 1. The maximum atomic E-state index is 12.2. The van der Waals surface area contributed by atoms with Crippen molar-refractivity contribution in [2.24, 2.45) is 0 Å². The molecule has 0 unspecified atom stereocenters. The Hall–Kier alpha value is -0.780. The van der Waals surface area contributed by atoms with Gasteiger partial charge < -0.3 is 5.11 Å². The molecule has 6 heteroatoms. The number of alkyl halides is 4. The Morgan fingerprint density at radius 1 is 1.46 bits per heavy atom. The number of nitrogens with zero attached hydrogens (tertiary/aromatic N) is 1. The quantitative estimate of drug-likeness (QED) is 0.783. The Morgan fingerprint density at radius 3 is 2.54 bits per heavy atom. The molecule has 0 radical (unpaired) electrons. The fourth-order valence-electron chi connectivity index (χ4n) is 0.824. The van der Waals surface area contributed by atoms with Crippen molar-refractivity contribution in [1.29, 1.82) is 0 Å². The van der Waals surface area contributed by atoms with Crippen LogP contribution in [0.25, 0.3) is 0 Å². The van der Waals surface area contributed by atoms with Crippen LogP contribution in [-0.4, -0.2) is 10.1 Å². The van der Waals surface area contributed by atoms with Gasteiger partial charge in [-0.05, 0) is 6.07 Å². The summed E-state index contributed by atoms with van der Waals surface area (Å²) >= 11 is 2.92. The molecule has 0 fully saturated rings. The molecule has 72 valence electrons.